The molecule has 0 aliphatic rings. The Morgan fingerprint density at radius 2 is 2.00 bits per heavy atom. The van der Waals surface area contributed by atoms with E-state index in [1.54, 1.807) is 11.5 Å². The minimum Gasteiger partial charge on any atom is -0.481 e. The maximum Gasteiger partial charge on any atom is 0.305 e. The second-order valence-corrected chi connectivity index (χ2v) is 4.87. The molecule has 0 amide bonds. The Bertz CT molecular complexity index is 629. The molecule has 1 heterocycles. The molecule has 0 saturated carbocycles. The van der Waals surface area contributed by atoms with Crippen molar-refractivity contribution in [1.29, 1.82) is 0 Å². The summed E-state index contributed by atoms with van der Waals surface area (Å²) < 4.78 is 1.79. The number of carbonyl (C=O) groups is 1. The van der Waals surface area contributed by atoms with Crippen molar-refractivity contribution in [3.63, 3.8) is 0 Å². The molecule has 5 nitrogen and oxygen atoms in total. The molecule has 0 spiro atoms. The first-order valence-corrected chi connectivity index (χ1v) is 6.27. The molecule has 1 aromatic heterocycles. The maximum atomic E-state index is 10.7. The summed E-state index contributed by atoms with van der Waals surface area (Å²) in [5.41, 5.74) is 3.93. The van der Waals surface area contributed by atoms with Crippen LogP contribution in [0.2, 0.25) is 0 Å². The highest BCUT2D eigenvalue weighted by atomic mass is 16.4. The molecule has 0 aliphatic carbocycles. The molecule has 2 N–H and O–H groups in total. The second-order valence-electron chi connectivity index (χ2n) is 4.87. The van der Waals surface area contributed by atoms with Crippen molar-refractivity contribution in [2.45, 2.75) is 39.8 Å². The van der Waals surface area contributed by atoms with E-state index in [9.17, 15) is 9.90 Å². The van der Waals surface area contributed by atoms with Crippen LogP contribution in [-0.4, -0.2) is 25.7 Å². The summed E-state index contributed by atoms with van der Waals surface area (Å²) in [6.45, 7) is 5.96. The molecule has 0 aliphatic heterocycles. The summed E-state index contributed by atoms with van der Waals surface area (Å²) in [6.07, 6.45) is -0.709. The highest BCUT2D eigenvalue weighted by Gasteiger charge is 2.16. The summed E-state index contributed by atoms with van der Waals surface area (Å²) in [5.74, 6) is -0.344. The number of aliphatic hydroxyl groups excluding tert-OH is 1. The van der Waals surface area contributed by atoms with Gasteiger partial charge in [0.1, 0.15) is 11.9 Å². The van der Waals surface area contributed by atoms with Crippen LogP contribution in [0.4, 0.5) is 0 Å². The second kappa shape index (κ2) is 5.01. The van der Waals surface area contributed by atoms with E-state index in [0.29, 0.717) is 12.4 Å². The van der Waals surface area contributed by atoms with E-state index in [2.05, 4.69) is 4.98 Å². The van der Waals surface area contributed by atoms with Crippen molar-refractivity contribution < 1.29 is 15.0 Å². The van der Waals surface area contributed by atoms with Gasteiger partial charge in [-0.3, -0.25) is 4.79 Å². The Hall–Kier alpha value is -1.88. The van der Waals surface area contributed by atoms with Gasteiger partial charge in [0, 0.05) is 6.54 Å². The Morgan fingerprint density at radius 1 is 1.37 bits per heavy atom. The molecule has 0 radical (unpaired) electrons. The predicted molar refractivity (Wildman–Crippen MR) is 72.1 cm³/mol. The maximum absolute atomic E-state index is 10.7. The van der Waals surface area contributed by atoms with Gasteiger partial charge >= 0.3 is 5.97 Å². The number of benzene rings is 1. The fourth-order valence-corrected chi connectivity index (χ4v) is 2.16. The summed E-state index contributed by atoms with van der Waals surface area (Å²) in [4.78, 5) is 15.1. The molecule has 19 heavy (non-hydrogen) atoms. The number of aliphatic carboxylic acids is 1. The Morgan fingerprint density at radius 3 is 2.58 bits per heavy atom. The summed E-state index contributed by atoms with van der Waals surface area (Å²) >= 11 is 0. The lowest BCUT2D eigenvalue weighted by molar-refractivity contribution is -0.137. The zero-order valence-electron chi connectivity index (χ0n) is 11.3. The minimum atomic E-state index is -0.859. The number of rotatable bonds is 4. The normalized spacial score (nSPS) is 12.8. The number of aromatic nitrogens is 2. The van der Waals surface area contributed by atoms with Crippen LogP contribution in [0.25, 0.3) is 11.0 Å². The highest BCUT2D eigenvalue weighted by molar-refractivity contribution is 5.78. The zero-order valence-corrected chi connectivity index (χ0v) is 11.3. The average molecular weight is 262 g/mol. The van der Waals surface area contributed by atoms with Gasteiger partial charge in [-0.1, -0.05) is 0 Å². The number of carboxylic acid groups (broad SMARTS) is 1. The number of hydrogen-bond donors (Lipinski definition) is 2. The molecule has 102 valence electrons. The van der Waals surface area contributed by atoms with Crippen molar-refractivity contribution in [1.82, 2.24) is 9.55 Å². The SMILES string of the molecule is Cc1cc2nc([C@H](C)O)n(CCC(=O)O)c2cc1C. The Labute approximate surface area is 111 Å². The number of aliphatic hydroxyl groups is 1. The molecular formula is C14H18N2O3. The molecule has 1 atom stereocenters. The number of aryl methyl sites for hydroxylation is 3. The number of imidazole rings is 1. The van der Waals surface area contributed by atoms with Crippen LogP contribution in [-0.2, 0) is 11.3 Å². The van der Waals surface area contributed by atoms with Crippen LogP contribution >= 0.6 is 0 Å². The number of carboxylic acids is 1. The molecule has 1 aromatic carbocycles. The Balaban J connectivity index is 2.58. The lowest BCUT2D eigenvalue weighted by atomic mass is 10.1. The first kappa shape index (κ1) is 13.5. The smallest absolute Gasteiger partial charge is 0.305 e. The van der Waals surface area contributed by atoms with E-state index in [1.165, 1.54) is 0 Å². The van der Waals surface area contributed by atoms with E-state index in [4.69, 9.17) is 5.11 Å². The van der Waals surface area contributed by atoms with Gasteiger partial charge in [-0.25, -0.2) is 4.98 Å². The van der Waals surface area contributed by atoms with Crippen molar-refractivity contribution in [2.75, 3.05) is 0 Å². The average Bonchev–Trinajstić information content (AvgIpc) is 2.65. The Kier molecular flexibility index (Phi) is 3.57. The van der Waals surface area contributed by atoms with Crippen molar-refractivity contribution >= 4 is 17.0 Å². The minimum absolute atomic E-state index is 0.0120. The predicted octanol–water partition coefficient (Wildman–Crippen LogP) is 2.18. The summed E-state index contributed by atoms with van der Waals surface area (Å²) in [7, 11) is 0. The van der Waals surface area contributed by atoms with E-state index in [-0.39, 0.29) is 6.42 Å². The van der Waals surface area contributed by atoms with E-state index in [1.807, 2.05) is 26.0 Å². The third-order valence-electron chi connectivity index (χ3n) is 3.32. The number of nitrogens with zero attached hydrogens (tertiary/aromatic N) is 2. The van der Waals surface area contributed by atoms with Crippen molar-refractivity contribution in [3.05, 3.63) is 29.1 Å². The fourth-order valence-electron chi connectivity index (χ4n) is 2.16. The molecule has 0 bridgehead atoms. The lowest BCUT2D eigenvalue weighted by Crippen LogP contribution is -2.10. The van der Waals surface area contributed by atoms with Gasteiger partial charge in [0.25, 0.3) is 0 Å². The van der Waals surface area contributed by atoms with Crippen LogP contribution in [0.15, 0.2) is 12.1 Å². The van der Waals surface area contributed by atoms with Crippen LogP contribution in [0.1, 0.15) is 36.4 Å². The van der Waals surface area contributed by atoms with Gasteiger partial charge in [-0.15, -0.1) is 0 Å². The molecule has 0 saturated heterocycles. The number of fused-ring (bicyclic) bond motifs is 1. The first-order chi connectivity index (χ1) is 8.90. The van der Waals surface area contributed by atoms with Crippen LogP contribution in [0.3, 0.4) is 0 Å². The van der Waals surface area contributed by atoms with Gasteiger partial charge in [0.2, 0.25) is 0 Å². The van der Waals surface area contributed by atoms with Crippen molar-refractivity contribution in [2.24, 2.45) is 0 Å². The topological polar surface area (TPSA) is 75.4 Å². The van der Waals surface area contributed by atoms with Gasteiger partial charge < -0.3 is 14.8 Å². The van der Waals surface area contributed by atoms with Crippen LogP contribution in [0.5, 0.6) is 0 Å². The van der Waals surface area contributed by atoms with E-state index in [0.717, 1.165) is 22.2 Å². The third kappa shape index (κ3) is 2.61. The fraction of sp³-hybridized carbons (Fsp3) is 0.429. The standard InChI is InChI=1S/C14H18N2O3/c1-8-6-11-12(7-9(8)2)16(5-4-13(18)19)14(15-11)10(3)17/h6-7,10,17H,4-5H2,1-3H3,(H,18,19)/t10-/m0/s1. The first-order valence-electron chi connectivity index (χ1n) is 6.27. The lowest BCUT2D eigenvalue weighted by Gasteiger charge is -2.10. The number of hydrogen-bond acceptors (Lipinski definition) is 3. The largest absolute Gasteiger partial charge is 0.481 e. The molecule has 5 heteroatoms. The molecule has 2 aromatic rings. The van der Waals surface area contributed by atoms with Gasteiger partial charge in [0.05, 0.1) is 17.5 Å². The van der Waals surface area contributed by atoms with Gasteiger partial charge in [-0.05, 0) is 44.0 Å². The monoisotopic (exact) mass is 262 g/mol. The summed E-state index contributed by atoms with van der Waals surface area (Å²) in [5, 5.41) is 18.6. The third-order valence-corrected chi connectivity index (χ3v) is 3.32. The zero-order chi connectivity index (χ0) is 14.2. The van der Waals surface area contributed by atoms with E-state index >= 15 is 0 Å². The quantitative estimate of drug-likeness (QED) is 0.885. The van der Waals surface area contributed by atoms with Crippen LogP contribution in [0, 0.1) is 13.8 Å². The van der Waals surface area contributed by atoms with Crippen LogP contribution < -0.4 is 0 Å². The van der Waals surface area contributed by atoms with Gasteiger partial charge in [-0.2, -0.15) is 0 Å². The van der Waals surface area contributed by atoms with Gasteiger partial charge in [0.15, 0.2) is 0 Å². The summed E-state index contributed by atoms with van der Waals surface area (Å²) in [6, 6.07) is 3.96. The molecule has 0 unspecified atom stereocenters. The van der Waals surface area contributed by atoms with Crippen molar-refractivity contribution in [3.8, 4) is 0 Å². The molecule has 0 fully saturated rings. The highest BCUT2D eigenvalue weighted by Crippen LogP contribution is 2.24. The molecule has 2 rings (SSSR count). The van der Waals surface area contributed by atoms with E-state index < -0.39 is 12.1 Å². The molecular weight excluding hydrogens is 244 g/mol.